The molecule has 29 heavy (non-hydrogen) atoms. The standard InChI is InChI=1S/C23H28N2O4/c1-12-8-14(26)24-18-16(12)20(28)17-13(2)9-15(27)25(19(17)21(18)29)11-23(6,7)10-22(3,4)5/h8-9H,10-11H2,1-7H3,(H,24,26). The first-order valence-electron chi connectivity index (χ1n) is 9.80. The van der Waals surface area contributed by atoms with Crippen molar-refractivity contribution in [2.24, 2.45) is 10.8 Å². The molecule has 0 unspecified atom stereocenters. The van der Waals surface area contributed by atoms with Gasteiger partial charge < -0.3 is 9.55 Å². The van der Waals surface area contributed by atoms with Crippen molar-refractivity contribution >= 4 is 11.6 Å². The highest BCUT2D eigenvalue weighted by molar-refractivity contribution is 6.27. The van der Waals surface area contributed by atoms with Crippen LogP contribution in [0.15, 0.2) is 21.7 Å². The fourth-order valence-electron chi connectivity index (χ4n) is 4.76. The molecule has 1 aliphatic rings. The topological polar surface area (TPSA) is 89.0 Å². The second-order valence-corrected chi connectivity index (χ2v) is 10.1. The fourth-order valence-corrected chi connectivity index (χ4v) is 4.76. The summed E-state index contributed by atoms with van der Waals surface area (Å²) in [7, 11) is 0. The van der Waals surface area contributed by atoms with E-state index in [1.54, 1.807) is 13.8 Å². The van der Waals surface area contributed by atoms with E-state index in [1.165, 1.54) is 16.7 Å². The minimum atomic E-state index is -0.484. The first-order chi connectivity index (χ1) is 13.2. The molecule has 0 amide bonds. The molecule has 0 aromatic carbocycles. The van der Waals surface area contributed by atoms with Crippen LogP contribution in [0.2, 0.25) is 0 Å². The summed E-state index contributed by atoms with van der Waals surface area (Å²) in [5, 5.41) is 0. The van der Waals surface area contributed by atoms with Crippen LogP contribution >= 0.6 is 0 Å². The number of hydrogen-bond donors (Lipinski definition) is 1. The van der Waals surface area contributed by atoms with Crippen molar-refractivity contribution in [3.63, 3.8) is 0 Å². The van der Waals surface area contributed by atoms with Crippen LogP contribution in [0.4, 0.5) is 0 Å². The Kier molecular flexibility index (Phi) is 4.80. The van der Waals surface area contributed by atoms with Crippen LogP contribution in [0.25, 0.3) is 0 Å². The number of pyridine rings is 2. The van der Waals surface area contributed by atoms with Gasteiger partial charge in [0.2, 0.25) is 11.3 Å². The maximum absolute atomic E-state index is 13.4. The highest BCUT2D eigenvalue weighted by atomic mass is 16.2. The van der Waals surface area contributed by atoms with Crippen molar-refractivity contribution < 1.29 is 9.59 Å². The van der Waals surface area contributed by atoms with E-state index in [0.29, 0.717) is 17.7 Å². The summed E-state index contributed by atoms with van der Waals surface area (Å²) in [6, 6.07) is 2.73. The summed E-state index contributed by atoms with van der Waals surface area (Å²) in [5.41, 5.74) is 0.441. The largest absolute Gasteiger partial charge is 0.318 e. The third-order valence-electron chi connectivity index (χ3n) is 5.24. The van der Waals surface area contributed by atoms with E-state index in [1.807, 2.05) is 13.8 Å². The van der Waals surface area contributed by atoms with Gasteiger partial charge in [-0.1, -0.05) is 34.6 Å². The highest BCUT2D eigenvalue weighted by Crippen LogP contribution is 2.36. The molecule has 2 aromatic heterocycles. The lowest BCUT2D eigenvalue weighted by atomic mass is 9.76. The molecule has 1 aliphatic carbocycles. The number of ketones is 2. The molecule has 0 radical (unpaired) electrons. The van der Waals surface area contributed by atoms with Gasteiger partial charge in [0.15, 0.2) is 5.78 Å². The van der Waals surface area contributed by atoms with Crippen molar-refractivity contribution in [3.8, 4) is 0 Å². The van der Waals surface area contributed by atoms with Crippen LogP contribution in [0.3, 0.4) is 0 Å². The normalized spacial score (nSPS) is 14.0. The van der Waals surface area contributed by atoms with Gasteiger partial charge in [-0.15, -0.1) is 0 Å². The molecule has 2 heterocycles. The molecule has 0 saturated heterocycles. The van der Waals surface area contributed by atoms with Gasteiger partial charge >= 0.3 is 0 Å². The summed E-state index contributed by atoms with van der Waals surface area (Å²) in [4.78, 5) is 54.0. The minimum Gasteiger partial charge on any atom is -0.318 e. The summed E-state index contributed by atoms with van der Waals surface area (Å²) < 4.78 is 1.41. The molecule has 0 aliphatic heterocycles. The zero-order chi connectivity index (χ0) is 21.9. The summed E-state index contributed by atoms with van der Waals surface area (Å²) in [6.07, 6.45) is 0.823. The summed E-state index contributed by atoms with van der Waals surface area (Å²) in [6.45, 7) is 14.1. The molecule has 6 heteroatoms. The van der Waals surface area contributed by atoms with Gasteiger partial charge in [-0.25, -0.2) is 0 Å². The molecule has 1 N–H and O–H groups in total. The number of carbonyl (C=O) groups excluding carboxylic acids is 2. The predicted octanol–water partition coefficient (Wildman–Crippen LogP) is 3.39. The van der Waals surface area contributed by atoms with Crippen molar-refractivity contribution in [1.29, 1.82) is 0 Å². The van der Waals surface area contributed by atoms with E-state index in [4.69, 9.17) is 0 Å². The Morgan fingerprint density at radius 2 is 1.45 bits per heavy atom. The molecular formula is C23H28N2O4. The van der Waals surface area contributed by atoms with Gasteiger partial charge in [0.05, 0.1) is 11.1 Å². The molecule has 0 saturated carbocycles. The van der Waals surface area contributed by atoms with Crippen LogP contribution < -0.4 is 11.1 Å². The lowest BCUT2D eigenvalue weighted by Crippen LogP contribution is -2.39. The number of nitrogens with one attached hydrogen (secondary N) is 1. The van der Waals surface area contributed by atoms with E-state index in [9.17, 15) is 19.2 Å². The second kappa shape index (κ2) is 6.65. The lowest BCUT2D eigenvalue weighted by molar-refractivity contribution is 0.0959. The minimum absolute atomic E-state index is 0.0279. The number of aryl methyl sites for hydroxylation is 2. The molecule has 0 atom stereocenters. The molecule has 154 valence electrons. The zero-order valence-corrected chi connectivity index (χ0v) is 18.1. The van der Waals surface area contributed by atoms with Gasteiger partial charge in [-0.3, -0.25) is 19.2 Å². The van der Waals surface area contributed by atoms with Crippen LogP contribution in [0, 0.1) is 24.7 Å². The van der Waals surface area contributed by atoms with Gasteiger partial charge in [0, 0.05) is 18.7 Å². The molecule has 2 aromatic rings. The Bertz CT molecular complexity index is 1160. The Morgan fingerprint density at radius 1 is 0.862 bits per heavy atom. The number of aromatic amines is 1. The van der Waals surface area contributed by atoms with Crippen molar-refractivity contribution in [1.82, 2.24) is 9.55 Å². The number of H-pyrrole nitrogens is 1. The van der Waals surface area contributed by atoms with Crippen LogP contribution in [-0.4, -0.2) is 21.1 Å². The molecule has 3 rings (SSSR count). The van der Waals surface area contributed by atoms with Crippen LogP contribution in [-0.2, 0) is 6.54 Å². The van der Waals surface area contributed by atoms with E-state index in [0.717, 1.165) is 6.42 Å². The highest BCUT2D eigenvalue weighted by Gasteiger charge is 2.37. The SMILES string of the molecule is Cc1cc(=O)[nH]c2c1C(=O)c1c(C)cc(=O)n(CC(C)(C)CC(C)(C)C)c1C2=O. The van der Waals surface area contributed by atoms with E-state index in [2.05, 4.69) is 25.8 Å². The smallest absolute Gasteiger partial charge is 0.251 e. The molecule has 0 spiro atoms. The number of rotatable bonds is 3. The van der Waals surface area contributed by atoms with E-state index >= 15 is 0 Å². The Hall–Kier alpha value is -2.76. The van der Waals surface area contributed by atoms with Gasteiger partial charge in [0.1, 0.15) is 11.4 Å². The van der Waals surface area contributed by atoms with Crippen molar-refractivity contribution in [2.75, 3.05) is 0 Å². The van der Waals surface area contributed by atoms with E-state index < -0.39 is 11.3 Å². The van der Waals surface area contributed by atoms with Crippen LogP contribution in [0.1, 0.15) is 84.3 Å². The monoisotopic (exact) mass is 396 g/mol. The quantitative estimate of drug-likeness (QED) is 0.735. The summed E-state index contributed by atoms with van der Waals surface area (Å²) in [5.74, 6) is -0.814. The summed E-state index contributed by atoms with van der Waals surface area (Å²) >= 11 is 0. The molecule has 0 fully saturated rings. The third-order valence-corrected chi connectivity index (χ3v) is 5.24. The average molecular weight is 396 g/mol. The number of hydrogen-bond acceptors (Lipinski definition) is 4. The maximum atomic E-state index is 13.4. The molecule has 6 nitrogen and oxygen atoms in total. The Labute approximate surface area is 170 Å². The Balaban J connectivity index is 2.27. The predicted molar refractivity (Wildman–Crippen MR) is 112 cm³/mol. The first kappa shape index (κ1) is 21.0. The van der Waals surface area contributed by atoms with Gasteiger partial charge in [-0.2, -0.15) is 0 Å². The number of carbonyl (C=O) groups is 2. The van der Waals surface area contributed by atoms with E-state index in [-0.39, 0.29) is 44.7 Å². The number of fused-ring (bicyclic) bond motifs is 2. The van der Waals surface area contributed by atoms with Crippen molar-refractivity contribution in [3.05, 3.63) is 66.5 Å². The Morgan fingerprint density at radius 3 is 2.03 bits per heavy atom. The van der Waals surface area contributed by atoms with Crippen LogP contribution in [0.5, 0.6) is 0 Å². The number of aromatic nitrogens is 2. The fraction of sp³-hybridized carbons (Fsp3) is 0.478. The lowest BCUT2D eigenvalue weighted by Gasteiger charge is -2.34. The van der Waals surface area contributed by atoms with Gasteiger partial charge in [0.25, 0.3) is 5.56 Å². The number of nitrogens with zero attached hydrogens (tertiary/aromatic N) is 1. The zero-order valence-electron chi connectivity index (χ0n) is 18.1. The maximum Gasteiger partial charge on any atom is 0.251 e. The second-order valence-electron chi connectivity index (χ2n) is 10.1. The van der Waals surface area contributed by atoms with Gasteiger partial charge in [-0.05, 0) is 42.2 Å². The van der Waals surface area contributed by atoms with Crippen molar-refractivity contribution in [2.45, 2.75) is 61.4 Å². The molecule has 0 bridgehead atoms. The third kappa shape index (κ3) is 3.76. The molecular weight excluding hydrogens is 368 g/mol. The average Bonchev–Trinajstić information content (AvgIpc) is 2.51. The first-order valence-corrected chi connectivity index (χ1v) is 9.80.